The number of nitro benzene ring substituents is 1. The molecule has 0 aliphatic carbocycles. The molecule has 0 unspecified atom stereocenters. The third-order valence-corrected chi connectivity index (χ3v) is 5.27. The Labute approximate surface area is 171 Å². The zero-order valence-corrected chi connectivity index (χ0v) is 15.7. The number of H-pyrrole nitrogens is 1. The minimum absolute atomic E-state index is 0.00466. The monoisotopic (exact) mass is 396 g/mol. The van der Waals surface area contributed by atoms with Crippen LogP contribution in [0.1, 0.15) is 27.7 Å². The molecule has 30 heavy (non-hydrogen) atoms. The van der Waals surface area contributed by atoms with Gasteiger partial charge in [-0.15, -0.1) is 0 Å². The van der Waals surface area contributed by atoms with Crippen LogP contribution in [-0.4, -0.2) is 21.0 Å². The maximum absolute atomic E-state index is 13.3. The van der Waals surface area contributed by atoms with E-state index in [0.717, 1.165) is 22.4 Å². The molecule has 1 amide bonds. The van der Waals surface area contributed by atoms with Gasteiger partial charge in [0, 0.05) is 28.9 Å². The van der Waals surface area contributed by atoms with Gasteiger partial charge in [-0.1, -0.05) is 48.5 Å². The van der Waals surface area contributed by atoms with Crippen molar-refractivity contribution < 1.29 is 9.72 Å². The summed E-state index contributed by atoms with van der Waals surface area (Å²) in [6.45, 7) is 0. The minimum Gasteiger partial charge on any atom is -0.295 e. The summed E-state index contributed by atoms with van der Waals surface area (Å²) in [5.41, 5.74) is 4.31. The van der Waals surface area contributed by atoms with Crippen LogP contribution in [0.4, 0.5) is 11.4 Å². The molecule has 0 bridgehead atoms. The molecule has 0 fully saturated rings. The van der Waals surface area contributed by atoms with Crippen molar-refractivity contribution in [2.45, 2.75) is 6.04 Å². The van der Waals surface area contributed by atoms with Gasteiger partial charge in [0.25, 0.3) is 11.6 Å². The lowest BCUT2D eigenvalue weighted by molar-refractivity contribution is -0.384. The number of nitrogens with one attached hydrogen (secondary N) is 1. The van der Waals surface area contributed by atoms with Gasteiger partial charge in [-0.25, -0.2) is 0 Å². The van der Waals surface area contributed by atoms with Crippen molar-refractivity contribution in [1.29, 1.82) is 0 Å². The molecule has 4 aromatic rings. The normalized spacial score (nSPS) is 15.3. The molecule has 5 rings (SSSR count). The number of para-hydroxylation sites is 1. The van der Waals surface area contributed by atoms with Gasteiger partial charge < -0.3 is 0 Å². The summed E-state index contributed by atoms with van der Waals surface area (Å²) in [7, 11) is 0. The second kappa shape index (κ2) is 6.97. The summed E-state index contributed by atoms with van der Waals surface area (Å²) in [5, 5.41) is 18.4. The smallest absolute Gasteiger partial charge is 0.277 e. The lowest BCUT2D eigenvalue weighted by atomic mass is 9.95. The largest absolute Gasteiger partial charge is 0.295 e. The standard InChI is InChI=1S/C23H16N4O3/c28-23-21-19(20(24-25-21)15-7-3-1-4-8-15)22(26(23)17-9-5-2-6-10-17)16-11-13-18(14-12-16)27(29)30/h1-14,22H,(H,24,25)/t22-/m1/s1. The van der Waals surface area contributed by atoms with Gasteiger partial charge in [0.05, 0.1) is 16.7 Å². The Morgan fingerprint density at radius 2 is 1.53 bits per heavy atom. The van der Waals surface area contributed by atoms with Crippen molar-refractivity contribution in [2.24, 2.45) is 0 Å². The first-order valence-corrected chi connectivity index (χ1v) is 9.42. The Morgan fingerprint density at radius 3 is 2.17 bits per heavy atom. The van der Waals surface area contributed by atoms with E-state index in [4.69, 9.17) is 0 Å². The molecule has 7 heteroatoms. The molecule has 0 saturated heterocycles. The summed E-state index contributed by atoms with van der Waals surface area (Å²) in [4.78, 5) is 25.7. The molecule has 3 aromatic carbocycles. The third kappa shape index (κ3) is 2.76. The number of nitro groups is 1. The van der Waals surface area contributed by atoms with E-state index in [1.165, 1.54) is 12.1 Å². The summed E-state index contributed by atoms with van der Waals surface area (Å²) < 4.78 is 0. The number of aromatic amines is 1. The Morgan fingerprint density at radius 1 is 0.900 bits per heavy atom. The van der Waals surface area contributed by atoms with Crippen LogP contribution >= 0.6 is 0 Å². The number of carbonyl (C=O) groups is 1. The lowest BCUT2D eigenvalue weighted by Crippen LogP contribution is -2.29. The van der Waals surface area contributed by atoms with E-state index in [-0.39, 0.29) is 11.6 Å². The van der Waals surface area contributed by atoms with E-state index in [2.05, 4.69) is 10.2 Å². The van der Waals surface area contributed by atoms with Crippen molar-refractivity contribution in [3.63, 3.8) is 0 Å². The highest BCUT2D eigenvalue weighted by molar-refractivity contribution is 6.11. The number of hydrogen-bond donors (Lipinski definition) is 1. The van der Waals surface area contributed by atoms with E-state index in [1.807, 2.05) is 60.7 Å². The van der Waals surface area contributed by atoms with Gasteiger partial charge >= 0.3 is 0 Å². The van der Waals surface area contributed by atoms with E-state index in [0.29, 0.717) is 11.4 Å². The van der Waals surface area contributed by atoms with Crippen LogP contribution in [0.3, 0.4) is 0 Å². The van der Waals surface area contributed by atoms with E-state index >= 15 is 0 Å². The van der Waals surface area contributed by atoms with Gasteiger partial charge in [-0.2, -0.15) is 5.10 Å². The Hall–Kier alpha value is -4.26. The first-order chi connectivity index (χ1) is 14.6. The van der Waals surface area contributed by atoms with E-state index < -0.39 is 11.0 Å². The molecule has 1 atom stereocenters. The molecular formula is C23H16N4O3. The van der Waals surface area contributed by atoms with Crippen LogP contribution in [0.15, 0.2) is 84.9 Å². The quantitative estimate of drug-likeness (QED) is 0.398. The highest BCUT2D eigenvalue weighted by Gasteiger charge is 2.43. The maximum Gasteiger partial charge on any atom is 0.277 e. The third-order valence-electron chi connectivity index (χ3n) is 5.27. The SMILES string of the molecule is O=C1c2[nH]nc(-c3ccccc3)c2[C@@H](c2ccc([N+](=O)[O-])cc2)N1c1ccccc1. The lowest BCUT2D eigenvalue weighted by Gasteiger charge is -2.26. The summed E-state index contributed by atoms with van der Waals surface area (Å²) >= 11 is 0. The molecule has 1 aromatic heterocycles. The predicted octanol–water partition coefficient (Wildman–Crippen LogP) is 4.73. The number of benzene rings is 3. The average molecular weight is 396 g/mol. The predicted molar refractivity (Wildman–Crippen MR) is 112 cm³/mol. The van der Waals surface area contributed by atoms with Crippen LogP contribution < -0.4 is 4.90 Å². The summed E-state index contributed by atoms with van der Waals surface area (Å²) in [6.07, 6.45) is 0. The van der Waals surface area contributed by atoms with Gasteiger partial charge in [0.2, 0.25) is 0 Å². The number of fused-ring (bicyclic) bond motifs is 1. The fraction of sp³-hybridized carbons (Fsp3) is 0.0435. The van der Waals surface area contributed by atoms with Crippen molar-refractivity contribution in [1.82, 2.24) is 10.2 Å². The second-order valence-electron chi connectivity index (χ2n) is 6.99. The van der Waals surface area contributed by atoms with Gasteiger partial charge in [0.15, 0.2) is 0 Å². The molecule has 1 aliphatic heterocycles. The van der Waals surface area contributed by atoms with Crippen LogP contribution in [0.25, 0.3) is 11.3 Å². The number of carbonyl (C=O) groups excluding carboxylic acids is 1. The van der Waals surface area contributed by atoms with Gasteiger partial charge in [0.1, 0.15) is 5.69 Å². The minimum atomic E-state index is -0.454. The van der Waals surface area contributed by atoms with Crippen molar-refractivity contribution in [3.8, 4) is 11.3 Å². The molecule has 146 valence electrons. The molecule has 1 aliphatic rings. The molecule has 0 saturated carbocycles. The molecule has 1 N–H and O–H groups in total. The zero-order chi connectivity index (χ0) is 20.7. The first kappa shape index (κ1) is 17.8. The molecule has 0 radical (unpaired) electrons. The molecule has 0 spiro atoms. The number of nitrogens with zero attached hydrogens (tertiary/aromatic N) is 3. The second-order valence-corrected chi connectivity index (χ2v) is 6.99. The Balaban J connectivity index is 1.71. The van der Waals surface area contributed by atoms with Crippen molar-refractivity contribution in [2.75, 3.05) is 4.90 Å². The zero-order valence-electron chi connectivity index (χ0n) is 15.7. The number of anilines is 1. The maximum atomic E-state index is 13.3. The van der Waals surface area contributed by atoms with E-state index in [9.17, 15) is 14.9 Å². The van der Waals surface area contributed by atoms with E-state index in [1.54, 1.807) is 17.0 Å². The molecule has 2 heterocycles. The summed E-state index contributed by atoms with van der Waals surface area (Å²) in [6, 6.07) is 24.9. The number of hydrogen-bond acceptors (Lipinski definition) is 4. The summed E-state index contributed by atoms with van der Waals surface area (Å²) in [5.74, 6) is -0.186. The highest BCUT2D eigenvalue weighted by Crippen LogP contribution is 2.45. The van der Waals surface area contributed by atoms with Crippen LogP contribution in [-0.2, 0) is 0 Å². The Bertz CT molecular complexity index is 1230. The van der Waals surface area contributed by atoms with Crippen LogP contribution in [0.2, 0.25) is 0 Å². The highest BCUT2D eigenvalue weighted by atomic mass is 16.6. The molecule has 7 nitrogen and oxygen atoms in total. The molecular weight excluding hydrogens is 380 g/mol. The van der Waals surface area contributed by atoms with Crippen molar-refractivity contribution >= 4 is 17.3 Å². The number of amides is 1. The van der Waals surface area contributed by atoms with Gasteiger partial charge in [-0.05, 0) is 29.8 Å². The topological polar surface area (TPSA) is 92.1 Å². The number of non-ortho nitro benzene ring substituents is 1. The average Bonchev–Trinajstić information content (AvgIpc) is 3.34. The Kier molecular flexibility index (Phi) is 4.14. The van der Waals surface area contributed by atoms with Gasteiger partial charge in [-0.3, -0.25) is 24.9 Å². The van der Waals surface area contributed by atoms with Crippen LogP contribution in [0, 0.1) is 10.1 Å². The number of aromatic nitrogens is 2. The number of rotatable bonds is 4. The van der Waals surface area contributed by atoms with Crippen LogP contribution in [0.5, 0.6) is 0 Å². The fourth-order valence-electron chi connectivity index (χ4n) is 3.91. The van der Waals surface area contributed by atoms with Crippen molar-refractivity contribution in [3.05, 3.63) is 112 Å². The first-order valence-electron chi connectivity index (χ1n) is 9.42. The fourth-order valence-corrected chi connectivity index (χ4v) is 3.91.